The number of hydrogen-bond donors (Lipinski definition) is 2. The maximum atomic E-state index is 11.8. The summed E-state index contributed by atoms with van der Waals surface area (Å²) in [6.45, 7) is 4.15. The molecule has 0 aromatic carbocycles. The van der Waals surface area contributed by atoms with Crippen molar-refractivity contribution in [3.05, 3.63) is 12.4 Å². The van der Waals surface area contributed by atoms with Crippen molar-refractivity contribution < 1.29 is 9.59 Å². The van der Waals surface area contributed by atoms with E-state index in [1.54, 1.807) is 6.20 Å². The number of primary amides is 1. The van der Waals surface area contributed by atoms with E-state index in [4.69, 9.17) is 5.73 Å². The van der Waals surface area contributed by atoms with Gasteiger partial charge in [-0.1, -0.05) is 13.8 Å². The third-order valence-electron chi connectivity index (χ3n) is 3.05. The Morgan fingerprint density at radius 2 is 2.29 bits per heavy atom. The van der Waals surface area contributed by atoms with Gasteiger partial charge in [0.1, 0.15) is 6.54 Å². The van der Waals surface area contributed by atoms with Crippen molar-refractivity contribution in [1.82, 2.24) is 9.78 Å². The van der Waals surface area contributed by atoms with Gasteiger partial charge in [-0.05, 0) is 11.8 Å². The molecule has 0 bridgehead atoms. The van der Waals surface area contributed by atoms with E-state index in [-0.39, 0.29) is 23.8 Å². The molecule has 1 fully saturated rings. The summed E-state index contributed by atoms with van der Waals surface area (Å²) in [6.07, 6.45) is 4.02. The lowest BCUT2D eigenvalue weighted by atomic mass is 10.1. The van der Waals surface area contributed by atoms with E-state index in [9.17, 15) is 9.59 Å². The minimum absolute atomic E-state index is 0.00799. The fraction of sp³-hybridized carbons (Fsp3) is 0.545. The number of hydrogen-bond acceptors (Lipinski definition) is 3. The Kier molecular flexibility index (Phi) is 2.65. The van der Waals surface area contributed by atoms with Gasteiger partial charge in [-0.25, -0.2) is 0 Å². The number of nitrogens with zero attached hydrogens (tertiary/aromatic N) is 2. The largest absolute Gasteiger partial charge is 0.368 e. The van der Waals surface area contributed by atoms with Crippen molar-refractivity contribution in [1.29, 1.82) is 0 Å². The molecule has 6 nitrogen and oxygen atoms in total. The molecular formula is C11H16N4O2. The van der Waals surface area contributed by atoms with E-state index in [0.717, 1.165) is 6.42 Å². The van der Waals surface area contributed by atoms with Crippen LogP contribution in [-0.2, 0) is 16.1 Å². The number of rotatable bonds is 4. The van der Waals surface area contributed by atoms with Crippen LogP contribution in [0.3, 0.4) is 0 Å². The summed E-state index contributed by atoms with van der Waals surface area (Å²) in [7, 11) is 0. The topological polar surface area (TPSA) is 90.0 Å². The SMILES string of the molecule is CC1(C)CC1C(=O)Nc1cnn(CC(N)=O)c1. The standard InChI is InChI=1S/C11H16N4O2/c1-11(2)3-8(11)10(17)14-7-4-13-15(5-7)6-9(12)16/h4-5,8H,3,6H2,1-2H3,(H2,12,16)(H,14,17). The number of nitrogens with one attached hydrogen (secondary N) is 1. The predicted octanol–water partition coefficient (Wildman–Crippen LogP) is 0.353. The molecule has 1 heterocycles. The van der Waals surface area contributed by atoms with E-state index in [1.807, 2.05) is 0 Å². The Labute approximate surface area is 99.2 Å². The summed E-state index contributed by atoms with van der Waals surface area (Å²) in [5, 5.41) is 6.71. The zero-order valence-corrected chi connectivity index (χ0v) is 9.93. The van der Waals surface area contributed by atoms with Crippen LogP contribution in [0.5, 0.6) is 0 Å². The smallest absolute Gasteiger partial charge is 0.239 e. The minimum atomic E-state index is -0.464. The molecule has 2 amide bonds. The fourth-order valence-corrected chi connectivity index (χ4v) is 1.82. The molecule has 0 aliphatic heterocycles. The van der Waals surface area contributed by atoms with Crippen LogP contribution in [-0.4, -0.2) is 21.6 Å². The highest BCUT2D eigenvalue weighted by molar-refractivity contribution is 5.94. The van der Waals surface area contributed by atoms with E-state index in [2.05, 4.69) is 24.3 Å². The van der Waals surface area contributed by atoms with Gasteiger partial charge >= 0.3 is 0 Å². The molecule has 1 aliphatic rings. The molecule has 0 saturated heterocycles. The monoisotopic (exact) mass is 236 g/mol. The molecule has 1 aromatic rings. The number of aromatic nitrogens is 2. The second-order valence-corrected chi connectivity index (χ2v) is 5.13. The molecule has 3 N–H and O–H groups in total. The fourth-order valence-electron chi connectivity index (χ4n) is 1.82. The highest BCUT2D eigenvalue weighted by atomic mass is 16.2. The molecule has 1 atom stereocenters. The molecule has 0 radical (unpaired) electrons. The highest BCUT2D eigenvalue weighted by Gasteiger charge is 2.50. The van der Waals surface area contributed by atoms with Crippen LogP contribution in [0, 0.1) is 11.3 Å². The van der Waals surface area contributed by atoms with Gasteiger partial charge in [-0.2, -0.15) is 5.10 Å². The van der Waals surface area contributed by atoms with Gasteiger partial charge in [0.05, 0.1) is 11.9 Å². The number of amides is 2. The maximum absolute atomic E-state index is 11.8. The molecule has 2 rings (SSSR count). The summed E-state index contributed by atoms with van der Waals surface area (Å²) in [5.41, 5.74) is 5.74. The van der Waals surface area contributed by atoms with Gasteiger partial charge in [-0.15, -0.1) is 0 Å². The van der Waals surface area contributed by atoms with Gasteiger partial charge in [0.15, 0.2) is 0 Å². The summed E-state index contributed by atoms with van der Waals surface area (Å²) in [6, 6.07) is 0. The Morgan fingerprint density at radius 3 is 2.82 bits per heavy atom. The van der Waals surface area contributed by atoms with E-state index in [0.29, 0.717) is 5.69 Å². The normalized spacial score (nSPS) is 20.9. The second kappa shape index (κ2) is 3.87. The van der Waals surface area contributed by atoms with Gasteiger partial charge in [0.25, 0.3) is 0 Å². The summed E-state index contributed by atoms with van der Waals surface area (Å²) in [5.74, 6) is -0.384. The molecule has 1 aliphatic carbocycles. The first-order chi connectivity index (χ1) is 7.88. The van der Waals surface area contributed by atoms with Gasteiger partial charge < -0.3 is 11.1 Å². The Balaban J connectivity index is 1.93. The molecule has 1 unspecified atom stereocenters. The van der Waals surface area contributed by atoms with Gasteiger partial charge in [0.2, 0.25) is 11.8 Å². The Morgan fingerprint density at radius 1 is 1.65 bits per heavy atom. The van der Waals surface area contributed by atoms with Gasteiger partial charge in [-0.3, -0.25) is 14.3 Å². The predicted molar refractivity (Wildman–Crippen MR) is 61.9 cm³/mol. The van der Waals surface area contributed by atoms with E-state index < -0.39 is 5.91 Å². The van der Waals surface area contributed by atoms with E-state index in [1.165, 1.54) is 10.9 Å². The molecule has 92 valence electrons. The second-order valence-electron chi connectivity index (χ2n) is 5.13. The number of anilines is 1. The van der Waals surface area contributed by atoms with Crippen molar-refractivity contribution in [3.8, 4) is 0 Å². The average Bonchev–Trinajstić information content (AvgIpc) is 2.63. The molecule has 6 heteroatoms. The zero-order valence-electron chi connectivity index (χ0n) is 9.93. The first kappa shape index (κ1) is 11.6. The summed E-state index contributed by atoms with van der Waals surface area (Å²) < 4.78 is 1.40. The highest BCUT2D eigenvalue weighted by Crippen LogP contribution is 2.51. The van der Waals surface area contributed by atoms with Crippen molar-refractivity contribution in [3.63, 3.8) is 0 Å². The third kappa shape index (κ3) is 2.64. The molecule has 0 spiro atoms. The number of carbonyl (C=O) groups is 2. The van der Waals surface area contributed by atoms with Gasteiger partial charge in [0, 0.05) is 12.1 Å². The first-order valence-corrected chi connectivity index (χ1v) is 5.50. The van der Waals surface area contributed by atoms with Crippen molar-refractivity contribution in [2.24, 2.45) is 17.1 Å². The van der Waals surface area contributed by atoms with E-state index >= 15 is 0 Å². The Hall–Kier alpha value is -1.85. The van der Waals surface area contributed by atoms with Crippen molar-refractivity contribution >= 4 is 17.5 Å². The first-order valence-electron chi connectivity index (χ1n) is 5.50. The Bertz CT molecular complexity index is 464. The van der Waals surface area contributed by atoms with Crippen LogP contribution in [0.25, 0.3) is 0 Å². The molecular weight excluding hydrogens is 220 g/mol. The lowest BCUT2D eigenvalue weighted by molar-refractivity contribution is -0.119. The van der Waals surface area contributed by atoms with Crippen LogP contribution >= 0.6 is 0 Å². The number of nitrogens with two attached hydrogens (primary N) is 1. The van der Waals surface area contributed by atoms with Crippen LogP contribution in [0.15, 0.2) is 12.4 Å². The molecule has 1 aromatic heterocycles. The molecule has 17 heavy (non-hydrogen) atoms. The minimum Gasteiger partial charge on any atom is -0.368 e. The van der Waals surface area contributed by atoms with Crippen LogP contribution < -0.4 is 11.1 Å². The maximum Gasteiger partial charge on any atom is 0.239 e. The van der Waals surface area contributed by atoms with Crippen molar-refractivity contribution in [2.75, 3.05) is 5.32 Å². The van der Waals surface area contributed by atoms with Crippen LogP contribution in [0.2, 0.25) is 0 Å². The molecule has 1 saturated carbocycles. The van der Waals surface area contributed by atoms with Crippen molar-refractivity contribution in [2.45, 2.75) is 26.8 Å². The summed E-state index contributed by atoms with van der Waals surface area (Å²) in [4.78, 5) is 22.5. The lowest BCUT2D eigenvalue weighted by Crippen LogP contribution is -2.19. The van der Waals surface area contributed by atoms with Crippen LogP contribution in [0.1, 0.15) is 20.3 Å². The third-order valence-corrected chi connectivity index (χ3v) is 3.05. The lowest BCUT2D eigenvalue weighted by Gasteiger charge is -2.03. The zero-order chi connectivity index (χ0) is 12.6. The average molecular weight is 236 g/mol. The quantitative estimate of drug-likeness (QED) is 0.790. The number of carbonyl (C=O) groups excluding carboxylic acids is 2. The summed E-state index contributed by atoms with van der Waals surface area (Å²) >= 11 is 0. The van der Waals surface area contributed by atoms with Crippen LogP contribution in [0.4, 0.5) is 5.69 Å².